The van der Waals surface area contributed by atoms with E-state index in [0.717, 1.165) is 87.7 Å². The third-order valence-electron chi connectivity index (χ3n) is 7.84. The predicted octanol–water partition coefficient (Wildman–Crippen LogP) is 4.63. The molecule has 0 unspecified atom stereocenters. The highest BCUT2D eigenvalue weighted by molar-refractivity contribution is 6.31. The van der Waals surface area contributed by atoms with Crippen LogP contribution in [0.25, 0.3) is 11.0 Å². The van der Waals surface area contributed by atoms with E-state index in [0.29, 0.717) is 17.5 Å². The zero-order chi connectivity index (χ0) is 23.3. The number of rotatable bonds is 7. The van der Waals surface area contributed by atoms with Crippen LogP contribution in [-0.4, -0.2) is 67.4 Å². The van der Waals surface area contributed by atoms with Gasteiger partial charge >= 0.3 is 0 Å². The number of ether oxygens (including phenoxy) is 1. The Morgan fingerprint density at radius 2 is 1.91 bits per heavy atom. The maximum Gasteiger partial charge on any atom is 0.222 e. The average molecular weight is 489 g/mol. The van der Waals surface area contributed by atoms with Crippen LogP contribution in [0, 0.1) is 5.92 Å². The largest absolute Gasteiger partial charge is 0.378 e. The molecular weight excluding hydrogens is 452 g/mol. The number of carbonyl (C=O) groups is 1. The Morgan fingerprint density at radius 3 is 2.68 bits per heavy atom. The van der Waals surface area contributed by atoms with Crippen LogP contribution in [0.15, 0.2) is 22.7 Å². The number of benzene rings is 1. The molecule has 3 aliphatic rings. The van der Waals surface area contributed by atoms with Crippen molar-refractivity contribution in [1.82, 2.24) is 15.4 Å². The monoisotopic (exact) mass is 488 g/mol. The lowest BCUT2D eigenvalue weighted by Crippen LogP contribution is -2.47. The molecule has 7 nitrogen and oxygen atoms in total. The number of amides is 1. The van der Waals surface area contributed by atoms with Gasteiger partial charge in [0.2, 0.25) is 5.91 Å². The maximum atomic E-state index is 12.4. The van der Waals surface area contributed by atoms with Crippen LogP contribution in [0.2, 0.25) is 5.02 Å². The average Bonchev–Trinajstić information content (AvgIpc) is 3.27. The number of halogens is 1. The number of aromatic nitrogens is 1. The number of hydrogen-bond donors (Lipinski definition) is 1. The van der Waals surface area contributed by atoms with Gasteiger partial charge in [-0.05, 0) is 76.0 Å². The van der Waals surface area contributed by atoms with Gasteiger partial charge < -0.3 is 19.5 Å². The molecule has 3 heterocycles. The molecule has 1 N–H and O–H groups in total. The Balaban J connectivity index is 0.992. The molecule has 1 aliphatic carbocycles. The lowest BCUT2D eigenvalue weighted by atomic mass is 9.84. The summed E-state index contributed by atoms with van der Waals surface area (Å²) >= 11 is 6.07. The van der Waals surface area contributed by atoms with Crippen molar-refractivity contribution in [2.45, 2.75) is 69.9 Å². The summed E-state index contributed by atoms with van der Waals surface area (Å²) in [6.45, 7) is 6.00. The van der Waals surface area contributed by atoms with Gasteiger partial charge in [-0.2, -0.15) is 0 Å². The van der Waals surface area contributed by atoms with E-state index in [1.807, 2.05) is 18.2 Å². The molecule has 0 bridgehead atoms. The summed E-state index contributed by atoms with van der Waals surface area (Å²) in [6.07, 6.45) is 9.92. The molecule has 1 aromatic heterocycles. The summed E-state index contributed by atoms with van der Waals surface area (Å²) in [6, 6.07) is 6.07. The summed E-state index contributed by atoms with van der Waals surface area (Å²) in [5.74, 6) is 1.88. The fraction of sp³-hybridized carbons (Fsp3) is 0.692. The molecule has 186 valence electrons. The van der Waals surface area contributed by atoms with Crippen LogP contribution < -0.4 is 10.2 Å². The Labute approximate surface area is 207 Å². The fourth-order valence-corrected chi connectivity index (χ4v) is 5.89. The minimum absolute atomic E-state index is 0.132. The van der Waals surface area contributed by atoms with Crippen molar-refractivity contribution >= 4 is 34.3 Å². The minimum Gasteiger partial charge on any atom is -0.378 e. The first-order chi connectivity index (χ1) is 16.6. The Hall–Kier alpha value is -1.83. The highest BCUT2D eigenvalue weighted by atomic mass is 35.5. The van der Waals surface area contributed by atoms with Gasteiger partial charge in [-0.15, -0.1) is 0 Å². The second kappa shape index (κ2) is 11.3. The van der Waals surface area contributed by atoms with E-state index in [1.54, 1.807) is 0 Å². The van der Waals surface area contributed by atoms with E-state index in [9.17, 15) is 4.79 Å². The fourth-order valence-electron chi connectivity index (χ4n) is 5.73. The van der Waals surface area contributed by atoms with E-state index < -0.39 is 0 Å². The van der Waals surface area contributed by atoms with Gasteiger partial charge in [0, 0.05) is 49.9 Å². The maximum absolute atomic E-state index is 12.4. The van der Waals surface area contributed by atoms with E-state index in [1.165, 1.54) is 25.7 Å². The molecule has 2 aromatic rings. The molecular formula is C26H37ClN4O3. The van der Waals surface area contributed by atoms with Gasteiger partial charge in [-0.3, -0.25) is 9.69 Å². The van der Waals surface area contributed by atoms with Crippen LogP contribution >= 0.6 is 11.6 Å². The number of piperazine rings is 1. The molecule has 2 aliphatic heterocycles. The molecule has 1 saturated carbocycles. The quantitative estimate of drug-likeness (QED) is 0.612. The normalized spacial score (nSPS) is 26.6. The minimum atomic E-state index is 0.132. The Morgan fingerprint density at radius 1 is 1.09 bits per heavy atom. The number of hydrogen-bond acceptors (Lipinski definition) is 6. The third-order valence-corrected chi connectivity index (χ3v) is 8.07. The van der Waals surface area contributed by atoms with Crippen LogP contribution in [-0.2, 0) is 9.53 Å². The summed E-state index contributed by atoms with van der Waals surface area (Å²) in [5.41, 5.74) is 0.749. The Kier molecular flexibility index (Phi) is 7.92. The summed E-state index contributed by atoms with van der Waals surface area (Å²) < 4.78 is 11.2. The van der Waals surface area contributed by atoms with Crippen LogP contribution in [0.5, 0.6) is 0 Å². The number of nitrogens with one attached hydrogen (secondary N) is 1. The zero-order valence-corrected chi connectivity index (χ0v) is 20.8. The molecule has 5 rings (SSSR count). The summed E-state index contributed by atoms with van der Waals surface area (Å²) in [7, 11) is 0. The molecule has 8 heteroatoms. The molecule has 3 fully saturated rings. The van der Waals surface area contributed by atoms with Gasteiger partial charge in [0.25, 0.3) is 0 Å². The van der Waals surface area contributed by atoms with E-state index in [2.05, 4.69) is 20.3 Å². The molecule has 0 spiro atoms. The second-order valence-corrected chi connectivity index (χ2v) is 10.7. The standard InChI is InChI=1S/C26H37ClN4O3/c27-20-6-9-23-24(17-20)34-29-26(23)31-14-12-30(13-15-31)11-10-19-4-7-21(8-5-19)28-25(32)18-22-3-1-2-16-33-22/h6,9,17,19,21-22H,1-5,7-8,10-16,18H2,(H,28,32)/t19?,21?,22-/m0/s1. The third kappa shape index (κ3) is 6.04. The van der Waals surface area contributed by atoms with Crippen molar-refractivity contribution in [3.63, 3.8) is 0 Å². The van der Waals surface area contributed by atoms with Crippen molar-refractivity contribution in [2.75, 3.05) is 44.2 Å². The van der Waals surface area contributed by atoms with Crippen molar-refractivity contribution < 1.29 is 14.1 Å². The lowest BCUT2D eigenvalue weighted by molar-refractivity contribution is -0.125. The van der Waals surface area contributed by atoms with Gasteiger partial charge in [0.05, 0.1) is 17.9 Å². The molecule has 2 saturated heterocycles. The van der Waals surface area contributed by atoms with Gasteiger partial charge in [0.15, 0.2) is 11.4 Å². The summed E-state index contributed by atoms with van der Waals surface area (Å²) in [5, 5.41) is 9.28. The number of fused-ring (bicyclic) bond motifs is 1. The predicted molar refractivity (Wildman–Crippen MR) is 134 cm³/mol. The van der Waals surface area contributed by atoms with Crippen molar-refractivity contribution in [3.8, 4) is 0 Å². The van der Waals surface area contributed by atoms with E-state index in [-0.39, 0.29) is 12.0 Å². The van der Waals surface area contributed by atoms with Crippen molar-refractivity contribution in [3.05, 3.63) is 23.2 Å². The van der Waals surface area contributed by atoms with Gasteiger partial charge in [-0.1, -0.05) is 16.8 Å². The lowest BCUT2D eigenvalue weighted by Gasteiger charge is -2.36. The van der Waals surface area contributed by atoms with Gasteiger partial charge in [-0.25, -0.2) is 0 Å². The van der Waals surface area contributed by atoms with Crippen molar-refractivity contribution in [2.24, 2.45) is 5.92 Å². The first kappa shape index (κ1) is 23.9. The smallest absolute Gasteiger partial charge is 0.222 e. The number of nitrogens with zero attached hydrogens (tertiary/aromatic N) is 3. The summed E-state index contributed by atoms with van der Waals surface area (Å²) in [4.78, 5) is 17.3. The second-order valence-electron chi connectivity index (χ2n) is 10.2. The van der Waals surface area contributed by atoms with Gasteiger partial charge in [0.1, 0.15) is 0 Å². The first-order valence-corrected chi connectivity index (χ1v) is 13.4. The van der Waals surface area contributed by atoms with Crippen LogP contribution in [0.3, 0.4) is 0 Å². The van der Waals surface area contributed by atoms with E-state index in [4.69, 9.17) is 20.9 Å². The SMILES string of the molecule is O=C(C[C@@H]1CCCCO1)NC1CCC(CCN2CCN(c3noc4cc(Cl)ccc34)CC2)CC1. The highest BCUT2D eigenvalue weighted by Crippen LogP contribution is 2.30. The molecule has 1 atom stereocenters. The molecule has 34 heavy (non-hydrogen) atoms. The topological polar surface area (TPSA) is 70.8 Å². The molecule has 0 radical (unpaired) electrons. The zero-order valence-electron chi connectivity index (χ0n) is 20.0. The number of carbonyl (C=O) groups excluding carboxylic acids is 1. The van der Waals surface area contributed by atoms with Crippen molar-refractivity contribution in [1.29, 1.82) is 0 Å². The molecule has 1 amide bonds. The van der Waals surface area contributed by atoms with Crippen LogP contribution in [0.4, 0.5) is 5.82 Å². The highest BCUT2D eigenvalue weighted by Gasteiger charge is 2.26. The van der Waals surface area contributed by atoms with Crippen LogP contribution in [0.1, 0.15) is 57.8 Å². The Bertz CT molecular complexity index is 945. The molecule has 1 aromatic carbocycles. The van der Waals surface area contributed by atoms with E-state index >= 15 is 0 Å². The number of anilines is 1. The first-order valence-electron chi connectivity index (χ1n) is 13.1.